The molecule has 0 fully saturated rings. The van der Waals surface area contributed by atoms with E-state index in [1.807, 2.05) is 43.3 Å². The highest BCUT2D eigenvalue weighted by atomic mass is 32.2. The molecule has 0 spiro atoms. The van der Waals surface area contributed by atoms with E-state index in [1.165, 1.54) is 24.3 Å². The van der Waals surface area contributed by atoms with Crippen LogP contribution in [0, 0.1) is 0 Å². The van der Waals surface area contributed by atoms with Gasteiger partial charge in [0.1, 0.15) is 11.5 Å². The number of carbonyl (C=O) groups is 1. The van der Waals surface area contributed by atoms with Crippen LogP contribution in [0.25, 0.3) is 0 Å². The number of para-hydroxylation sites is 3. The Hall–Kier alpha value is -3.36. The highest BCUT2D eigenvalue weighted by molar-refractivity contribution is 7.89. The van der Waals surface area contributed by atoms with E-state index in [1.54, 1.807) is 25.1 Å². The molecule has 3 aromatic carbocycles. The summed E-state index contributed by atoms with van der Waals surface area (Å²) in [4.78, 5) is 12.5. The fourth-order valence-corrected chi connectivity index (χ4v) is 4.07. The average Bonchev–Trinajstić information content (AvgIpc) is 2.79. The first-order valence-corrected chi connectivity index (χ1v) is 11.7. The molecule has 1 atom stereocenters. The summed E-state index contributed by atoms with van der Waals surface area (Å²) < 4.78 is 38.6. The van der Waals surface area contributed by atoms with Crippen LogP contribution in [0.2, 0.25) is 0 Å². The van der Waals surface area contributed by atoms with Crippen LogP contribution >= 0.6 is 0 Å². The topological polar surface area (TPSA) is 93.7 Å². The van der Waals surface area contributed by atoms with Gasteiger partial charge in [0.25, 0.3) is 5.91 Å². The molecule has 8 heteroatoms. The summed E-state index contributed by atoms with van der Waals surface area (Å²) in [6.07, 6.45) is 0.690. The molecule has 0 unspecified atom stereocenters. The van der Waals surface area contributed by atoms with E-state index in [0.29, 0.717) is 29.4 Å². The van der Waals surface area contributed by atoms with Crippen LogP contribution in [0.15, 0.2) is 83.8 Å². The van der Waals surface area contributed by atoms with Crippen molar-refractivity contribution in [1.29, 1.82) is 0 Å². The Bertz CT molecular complexity index is 1130. The Labute approximate surface area is 188 Å². The van der Waals surface area contributed by atoms with Crippen molar-refractivity contribution in [3.05, 3.63) is 78.9 Å². The maximum atomic E-state index is 12.4. The van der Waals surface area contributed by atoms with Crippen molar-refractivity contribution in [2.45, 2.75) is 31.2 Å². The lowest BCUT2D eigenvalue weighted by molar-refractivity contribution is -0.118. The van der Waals surface area contributed by atoms with Crippen molar-refractivity contribution in [2.24, 2.45) is 0 Å². The fourth-order valence-electron chi connectivity index (χ4n) is 2.74. The Morgan fingerprint density at radius 1 is 0.906 bits per heavy atom. The van der Waals surface area contributed by atoms with Crippen molar-refractivity contribution >= 4 is 21.6 Å². The molecule has 7 nitrogen and oxygen atoms in total. The molecular formula is C24H26N2O5S. The predicted octanol–water partition coefficient (Wildman–Crippen LogP) is 4.57. The average molecular weight is 455 g/mol. The van der Waals surface area contributed by atoms with Crippen LogP contribution in [0.4, 0.5) is 5.69 Å². The van der Waals surface area contributed by atoms with Gasteiger partial charge in [0, 0.05) is 6.04 Å². The number of carbonyl (C=O) groups excluding carboxylic acids is 1. The molecule has 2 N–H and O–H groups in total. The van der Waals surface area contributed by atoms with Crippen LogP contribution in [-0.4, -0.2) is 27.0 Å². The highest BCUT2D eigenvalue weighted by Crippen LogP contribution is 2.29. The molecule has 0 aliphatic heterocycles. The van der Waals surface area contributed by atoms with Gasteiger partial charge < -0.3 is 14.8 Å². The molecule has 0 aromatic heterocycles. The SMILES string of the molecule is CC[C@@H](C)NS(=O)(=O)c1ccc(OCC(=O)Nc2ccccc2Oc2ccccc2)cc1. The van der Waals surface area contributed by atoms with Crippen LogP contribution in [0.5, 0.6) is 17.2 Å². The first-order chi connectivity index (χ1) is 15.4. The molecule has 0 aliphatic rings. The predicted molar refractivity (Wildman–Crippen MR) is 124 cm³/mol. The number of anilines is 1. The van der Waals surface area contributed by atoms with E-state index in [0.717, 1.165) is 0 Å². The van der Waals surface area contributed by atoms with Gasteiger partial charge in [-0.05, 0) is 61.9 Å². The minimum Gasteiger partial charge on any atom is -0.484 e. The minimum atomic E-state index is -3.59. The molecule has 0 radical (unpaired) electrons. The van der Waals surface area contributed by atoms with Gasteiger partial charge in [0.15, 0.2) is 12.4 Å². The number of sulfonamides is 1. The van der Waals surface area contributed by atoms with Gasteiger partial charge >= 0.3 is 0 Å². The van der Waals surface area contributed by atoms with E-state index < -0.39 is 10.0 Å². The lowest BCUT2D eigenvalue weighted by Gasteiger charge is -2.13. The second-order valence-corrected chi connectivity index (χ2v) is 8.86. The van der Waals surface area contributed by atoms with E-state index >= 15 is 0 Å². The van der Waals surface area contributed by atoms with Crippen LogP contribution < -0.4 is 19.5 Å². The largest absolute Gasteiger partial charge is 0.484 e. The molecule has 0 saturated heterocycles. The number of rotatable bonds is 10. The molecule has 0 saturated carbocycles. The zero-order valence-electron chi connectivity index (χ0n) is 17.9. The zero-order chi connectivity index (χ0) is 23.0. The number of benzene rings is 3. The van der Waals surface area contributed by atoms with Gasteiger partial charge in [-0.1, -0.05) is 37.3 Å². The molecule has 0 aliphatic carbocycles. The number of amides is 1. The van der Waals surface area contributed by atoms with Crippen LogP contribution in [0.3, 0.4) is 0 Å². The van der Waals surface area contributed by atoms with Gasteiger partial charge in [-0.15, -0.1) is 0 Å². The second kappa shape index (κ2) is 10.8. The number of hydrogen-bond acceptors (Lipinski definition) is 5. The maximum Gasteiger partial charge on any atom is 0.262 e. The summed E-state index contributed by atoms with van der Waals surface area (Å²) in [5.41, 5.74) is 0.516. The first-order valence-electron chi connectivity index (χ1n) is 10.2. The molecule has 0 bridgehead atoms. The first kappa shape index (κ1) is 23.3. The third-order valence-corrected chi connectivity index (χ3v) is 6.21. The van der Waals surface area contributed by atoms with E-state index in [-0.39, 0.29) is 23.5 Å². The lowest BCUT2D eigenvalue weighted by Crippen LogP contribution is -2.31. The minimum absolute atomic E-state index is 0.140. The van der Waals surface area contributed by atoms with Crippen LogP contribution in [0.1, 0.15) is 20.3 Å². The summed E-state index contributed by atoms with van der Waals surface area (Å²) in [7, 11) is -3.59. The fraction of sp³-hybridized carbons (Fsp3) is 0.208. The highest BCUT2D eigenvalue weighted by Gasteiger charge is 2.16. The quantitative estimate of drug-likeness (QED) is 0.468. The van der Waals surface area contributed by atoms with Gasteiger partial charge in [0.2, 0.25) is 10.0 Å². The van der Waals surface area contributed by atoms with E-state index in [4.69, 9.17) is 9.47 Å². The number of hydrogen-bond donors (Lipinski definition) is 2. The standard InChI is InChI=1S/C24H26N2O5S/c1-3-18(2)26-32(28,29)21-15-13-19(14-16-21)30-17-24(27)25-22-11-7-8-12-23(22)31-20-9-5-4-6-10-20/h4-16,18,26H,3,17H2,1-2H3,(H,25,27)/t18-/m1/s1. The summed E-state index contributed by atoms with van der Waals surface area (Å²) in [5.74, 6) is 1.18. The third kappa shape index (κ3) is 6.57. The van der Waals surface area contributed by atoms with Crippen molar-refractivity contribution in [1.82, 2.24) is 4.72 Å². The monoisotopic (exact) mass is 454 g/mol. The molecule has 0 heterocycles. The molecular weight excluding hydrogens is 428 g/mol. The molecule has 168 valence electrons. The zero-order valence-corrected chi connectivity index (χ0v) is 18.8. The second-order valence-electron chi connectivity index (χ2n) is 7.15. The van der Waals surface area contributed by atoms with Gasteiger partial charge in [-0.3, -0.25) is 4.79 Å². The van der Waals surface area contributed by atoms with Crippen molar-refractivity contribution < 1.29 is 22.7 Å². The van der Waals surface area contributed by atoms with Crippen molar-refractivity contribution in [3.63, 3.8) is 0 Å². The molecule has 1 amide bonds. The van der Waals surface area contributed by atoms with Crippen molar-refractivity contribution in [3.8, 4) is 17.2 Å². The maximum absolute atomic E-state index is 12.4. The van der Waals surface area contributed by atoms with Gasteiger partial charge in [0.05, 0.1) is 10.6 Å². The normalized spacial score (nSPS) is 12.1. The van der Waals surface area contributed by atoms with E-state index in [2.05, 4.69) is 10.0 Å². The van der Waals surface area contributed by atoms with Crippen LogP contribution in [-0.2, 0) is 14.8 Å². The summed E-state index contributed by atoms with van der Waals surface area (Å²) in [6.45, 7) is 3.47. The van der Waals surface area contributed by atoms with Crippen molar-refractivity contribution in [2.75, 3.05) is 11.9 Å². The lowest BCUT2D eigenvalue weighted by atomic mass is 10.3. The summed E-state index contributed by atoms with van der Waals surface area (Å²) in [6, 6.07) is 22.1. The molecule has 3 rings (SSSR count). The molecule has 3 aromatic rings. The Morgan fingerprint density at radius 3 is 2.25 bits per heavy atom. The smallest absolute Gasteiger partial charge is 0.262 e. The summed E-state index contributed by atoms with van der Waals surface area (Å²) in [5, 5.41) is 2.77. The third-order valence-electron chi connectivity index (χ3n) is 4.60. The Balaban J connectivity index is 1.58. The number of nitrogens with one attached hydrogen (secondary N) is 2. The van der Waals surface area contributed by atoms with E-state index in [9.17, 15) is 13.2 Å². The van der Waals surface area contributed by atoms with Gasteiger partial charge in [-0.25, -0.2) is 13.1 Å². The number of ether oxygens (including phenoxy) is 2. The Morgan fingerprint density at radius 2 is 1.56 bits per heavy atom. The van der Waals surface area contributed by atoms with Gasteiger partial charge in [-0.2, -0.15) is 0 Å². The molecule has 32 heavy (non-hydrogen) atoms. The Kier molecular flexibility index (Phi) is 7.86. The summed E-state index contributed by atoms with van der Waals surface area (Å²) >= 11 is 0.